The Kier molecular flexibility index (Phi) is 7.46. The molecular weight excluding hydrogens is 648 g/mol. The molecule has 0 N–H and O–H groups in total. The zero-order valence-corrected chi connectivity index (χ0v) is 26.5. The minimum absolute atomic E-state index is 0.0136. The van der Waals surface area contributed by atoms with Crippen LogP contribution in [0.4, 0.5) is 5.69 Å². The molecule has 4 atom stereocenters. The second-order valence-electron chi connectivity index (χ2n) is 10.3. The maximum Gasteiger partial charge on any atom is 0.227 e. The van der Waals surface area contributed by atoms with Gasteiger partial charge in [0.2, 0.25) is 5.12 Å². The Balaban J connectivity index is 1.39. The summed E-state index contributed by atoms with van der Waals surface area (Å²) in [4.78, 5) is 37.6. The van der Waals surface area contributed by atoms with Crippen molar-refractivity contribution in [2.75, 3.05) is 12.0 Å². The Morgan fingerprint density at radius 2 is 1.69 bits per heavy atom. The zero-order valence-electron chi connectivity index (χ0n) is 22.5. The highest BCUT2D eigenvalue weighted by molar-refractivity contribution is 9.10. The maximum absolute atomic E-state index is 14.6. The van der Waals surface area contributed by atoms with Crippen LogP contribution >= 0.6 is 51.2 Å². The standard InChI is InChI=1S/C33H25BrN2O3S3/c1-39-24-17-13-21(14-18-24)27-28(29(37)22-11-15-23(34)16-12-22)36-25-9-5-6-10-26(25)41-30(36)33(27)31(38)42-32(35-33)40-19-20-7-3-2-4-8-20/h2-18,27-28,30H,19H2,1H3/t27-,28+,30-,33-/m1/s1. The fraction of sp³-hybridized carbons (Fsp3) is 0.182. The molecule has 4 aromatic rings. The molecule has 0 aliphatic carbocycles. The minimum atomic E-state index is -1.16. The number of thioether (sulfide) groups is 3. The van der Waals surface area contributed by atoms with Crippen LogP contribution in [0.1, 0.15) is 27.4 Å². The summed E-state index contributed by atoms with van der Waals surface area (Å²) in [5, 5.41) is -0.374. The van der Waals surface area contributed by atoms with Crippen molar-refractivity contribution in [3.05, 3.63) is 124 Å². The molecule has 0 amide bonds. The number of fused-ring (bicyclic) bond motifs is 4. The highest BCUT2D eigenvalue weighted by Crippen LogP contribution is 2.63. The van der Waals surface area contributed by atoms with Gasteiger partial charge in [-0.1, -0.05) is 106 Å². The van der Waals surface area contributed by atoms with Gasteiger partial charge in [0.05, 0.1) is 12.8 Å². The number of ketones is 1. The van der Waals surface area contributed by atoms with Crippen molar-refractivity contribution < 1.29 is 14.3 Å². The summed E-state index contributed by atoms with van der Waals surface area (Å²) in [7, 11) is 1.63. The van der Waals surface area contributed by atoms with Crippen molar-refractivity contribution in [3.63, 3.8) is 0 Å². The number of anilines is 1. The zero-order chi connectivity index (χ0) is 28.8. The lowest BCUT2D eigenvalue weighted by molar-refractivity contribution is -0.115. The minimum Gasteiger partial charge on any atom is -0.497 e. The number of nitrogens with zero attached hydrogens (tertiary/aromatic N) is 2. The van der Waals surface area contributed by atoms with E-state index in [0.29, 0.717) is 11.3 Å². The van der Waals surface area contributed by atoms with Crippen molar-refractivity contribution in [1.82, 2.24) is 0 Å². The molecule has 0 aromatic heterocycles. The number of aliphatic imine (C=N–C) groups is 1. The maximum atomic E-state index is 14.6. The van der Waals surface area contributed by atoms with Crippen molar-refractivity contribution >= 4 is 72.2 Å². The normalized spacial score (nSPS) is 24.0. The van der Waals surface area contributed by atoms with Gasteiger partial charge in [-0.3, -0.25) is 14.6 Å². The average molecular weight is 674 g/mol. The number of hydrogen-bond donors (Lipinski definition) is 0. The van der Waals surface area contributed by atoms with Crippen molar-refractivity contribution in [2.45, 2.75) is 33.5 Å². The monoisotopic (exact) mass is 672 g/mol. The third-order valence-corrected chi connectivity index (χ3v) is 12.1. The first kappa shape index (κ1) is 27.8. The van der Waals surface area contributed by atoms with Crippen LogP contribution in [0, 0.1) is 0 Å². The number of rotatable bonds is 6. The van der Waals surface area contributed by atoms with E-state index in [1.807, 2.05) is 78.9 Å². The first-order chi connectivity index (χ1) is 20.5. The second kappa shape index (κ2) is 11.3. The number of benzene rings is 4. The van der Waals surface area contributed by atoms with E-state index in [-0.39, 0.29) is 16.3 Å². The molecule has 7 rings (SSSR count). The second-order valence-corrected chi connectivity index (χ2v) is 14.5. The fourth-order valence-corrected chi connectivity index (χ4v) is 10.1. The summed E-state index contributed by atoms with van der Waals surface area (Å²) in [5.41, 5.74) is 2.48. The van der Waals surface area contributed by atoms with Crippen LogP contribution in [0.3, 0.4) is 0 Å². The number of para-hydroxylation sites is 1. The molecular formula is C33H25BrN2O3S3. The largest absolute Gasteiger partial charge is 0.497 e. The van der Waals surface area contributed by atoms with Gasteiger partial charge >= 0.3 is 0 Å². The summed E-state index contributed by atoms with van der Waals surface area (Å²) >= 11 is 7.94. The summed E-state index contributed by atoms with van der Waals surface area (Å²) in [6, 6.07) is 32.9. The van der Waals surface area contributed by atoms with E-state index in [2.05, 4.69) is 45.1 Å². The van der Waals surface area contributed by atoms with E-state index in [4.69, 9.17) is 9.73 Å². The van der Waals surface area contributed by atoms with Gasteiger partial charge in [0.25, 0.3) is 0 Å². The third-order valence-electron chi connectivity index (χ3n) is 7.96. The van der Waals surface area contributed by atoms with Crippen molar-refractivity contribution in [1.29, 1.82) is 0 Å². The Labute approximate surface area is 265 Å². The first-order valence-corrected chi connectivity index (χ1v) is 16.9. The summed E-state index contributed by atoms with van der Waals surface area (Å²) in [6.07, 6.45) is 0. The highest BCUT2D eigenvalue weighted by Gasteiger charge is 2.70. The molecule has 3 aliphatic rings. The Morgan fingerprint density at radius 1 is 0.976 bits per heavy atom. The van der Waals surface area contributed by atoms with Gasteiger partial charge in [-0.05, 0) is 59.3 Å². The molecule has 1 saturated heterocycles. The van der Waals surface area contributed by atoms with Gasteiger partial charge in [-0.25, -0.2) is 0 Å². The molecule has 3 aliphatic heterocycles. The summed E-state index contributed by atoms with van der Waals surface area (Å²) in [5.74, 6) is 0.907. The number of ether oxygens (including phenoxy) is 1. The van der Waals surface area contributed by atoms with Gasteiger partial charge < -0.3 is 9.64 Å². The lowest BCUT2D eigenvalue weighted by Gasteiger charge is -2.30. The number of hydrogen-bond acceptors (Lipinski definition) is 8. The number of carbonyl (C=O) groups is 2. The Morgan fingerprint density at radius 3 is 2.43 bits per heavy atom. The smallest absolute Gasteiger partial charge is 0.227 e. The Bertz CT molecular complexity index is 1700. The van der Waals surface area contributed by atoms with Crippen molar-refractivity contribution in [2.24, 2.45) is 4.99 Å². The van der Waals surface area contributed by atoms with E-state index in [1.54, 1.807) is 30.6 Å². The molecule has 1 fully saturated rings. The van der Waals surface area contributed by atoms with Crippen LogP contribution < -0.4 is 9.64 Å². The highest BCUT2D eigenvalue weighted by atomic mass is 79.9. The van der Waals surface area contributed by atoms with Crippen LogP contribution in [0.2, 0.25) is 0 Å². The molecule has 1 spiro atoms. The predicted molar refractivity (Wildman–Crippen MR) is 177 cm³/mol. The van der Waals surface area contributed by atoms with Gasteiger partial charge in [0.1, 0.15) is 21.5 Å². The Hall–Kier alpha value is -2.98. The van der Waals surface area contributed by atoms with E-state index >= 15 is 0 Å². The quantitative estimate of drug-likeness (QED) is 0.192. The van der Waals surface area contributed by atoms with Gasteiger partial charge in [-0.2, -0.15) is 0 Å². The molecule has 3 heterocycles. The van der Waals surface area contributed by atoms with Crippen LogP contribution in [-0.4, -0.2) is 39.3 Å². The van der Waals surface area contributed by atoms with Gasteiger partial charge in [0, 0.05) is 26.6 Å². The van der Waals surface area contributed by atoms with Crippen LogP contribution in [0.15, 0.2) is 117 Å². The van der Waals surface area contributed by atoms with E-state index in [0.717, 1.165) is 30.7 Å². The van der Waals surface area contributed by atoms with Crippen LogP contribution in [0.5, 0.6) is 5.75 Å². The first-order valence-electron chi connectivity index (χ1n) is 13.5. The predicted octanol–water partition coefficient (Wildman–Crippen LogP) is 8.05. The molecule has 42 heavy (non-hydrogen) atoms. The molecule has 5 nitrogen and oxygen atoms in total. The van der Waals surface area contributed by atoms with Crippen molar-refractivity contribution in [3.8, 4) is 5.75 Å². The third kappa shape index (κ3) is 4.61. The number of carbonyl (C=O) groups excluding carboxylic acids is 2. The molecule has 0 bridgehead atoms. The van der Waals surface area contributed by atoms with E-state index in [9.17, 15) is 9.59 Å². The fourth-order valence-electron chi connectivity index (χ4n) is 6.05. The topological polar surface area (TPSA) is 59.0 Å². The molecule has 0 saturated carbocycles. The number of halogens is 1. The summed E-state index contributed by atoms with van der Waals surface area (Å²) < 4.78 is 7.10. The number of methoxy groups -OCH3 is 1. The lowest BCUT2D eigenvalue weighted by atomic mass is 9.77. The van der Waals surface area contributed by atoms with Crippen LogP contribution in [-0.2, 0) is 10.5 Å². The van der Waals surface area contributed by atoms with E-state index in [1.165, 1.54) is 17.3 Å². The molecule has 0 radical (unpaired) electrons. The van der Waals surface area contributed by atoms with Gasteiger partial charge in [-0.15, -0.1) is 0 Å². The summed E-state index contributed by atoms with van der Waals surface area (Å²) in [6.45, 7) is 0. The lowest BCUT2D eigenvalue weighted by Crippen LogP contribution is -2.45. The van der Waals surface area contributed by atoms with Gasteiger partial charge in [0.15, 0.2) is 11.3 Å². The molecule has 210 valence electrons. The SMILES string of the molecule is COc1ccc([C@@H]2[C@@H](C(=O)c3ccc(Br)cc3)N3c4ccccc4S[C@@H]3[C@]23N=C(SCc2ccccc2)SC3=O)cc1. The number of Topliss-reactive ketones (excluding diaryl/α,β-unsaturated/α-hetero) is 1. The van der Waals surface area contributed by atoms with Crippen LogP contribution in [0.25, 0.3) is 0 Å². The molecule has 9 heteroatoms. The molecule has 4 aromatic carbocycles. The average Bonchev–Trinajstić information content (AvgIpc) is 3.66. The molecule has 0 unspecified atom stereocenters. The van der Waals surface area contributed by atoms with E-state index < -0.39 is 17.5 Å².